The summed E-state index contributed by atoms with van der Waals surface area (Å²) >= 11 is 5.96. The second-order valence-electron chi connectivity index (χ2n) is 9.20. The zero-order chi connectivity index (χ0) is 26.6. The van der Waals surface area contributed by atoms with Crippen molar-refractivity contribution in [2.24, 2.45) is 0 Å². The number of halogens is 4. The van der Waals surface area contributed by atoms with Gasteiger partial charge in [0.1, 0.15) is 0 Å². The topological polar surface area (TPSA) is 86.6 Å². The highest BCUT2D eigenvalue weighted by molar-refractivity contribution is 6.30. The van der Waals surface area contributed by atoms with E-state index >= 15 is 0 Å². The number of carbonyl (C=O) groups is 2. The van der Waals surface area contributed by atoms with Crippen LogP contribution in [0.2, 0.25) is 5.02 Å². The normalized spacial score (nSPS) is 19.2. The quantitative estimate of drug-likeness (QED) is 0.500. The Balaban J connectivity index is 0.000000405. The first-order chi connectivity index (χ1) is 17.6. The van der Waals surface area contributed by atoms with Gasteiger partial charge in [0.15, 0.2) is 0 Å². The number of amides is 1. The van der Waals surface area contributed by atoms with Crippen LogP contribution in [-0.4, -0.2) is 63.2 Å². The van der Waals surface area contributed by atoms with Crippen molar-refractivity contribution in [3.63, 3.8) is 0 Å². The lowest BCUT2D eigenvalue weighted by atomic mass is 9.77. The molecule has 5 rings (SSSR count). The fourth-order valence-corrected chi connectivity index (χ4v) is 5.00. The number of fused-ring (bicyclic) bond motifs is 1. The predicted molar refractivity (Wildman–Crippen MR) is 134 cm³/mol. The molecule has 1 spiro atoms. The molecule has 2 fully saturated rings. The van der Waals surface area contributed by atoms with Gasteiger partial charge in [-0.25, -0.2) is 4.79 Å². The molecule has 0 saturated carbocycles. The summed E-state index contributed by atoms with van der Waals surface area (Å²) in [4.78, 5) is 35.2. The number of aryl methyl sites for hydroxylation is 1. The molecule has 3 heterocycles. The molecule has 1 aromatic heterocycles. The minimum Gasteiger partial charge on any atom is -0.475 e. The summed E-state index contributed by atoms with van der Waals surface area (Å²) < 4.78 is 31.7. The Hall–Kier alpha value is -3.40. The summed E-state index contributed by atoms with van der Waals surface area (Å²) in [6, 6.07) is 14.1. The van der Waals surface area contributed by atoms with Gasteiger partial charge < -0.3 is 14.9 Å². The first-order valence-corrected chi connectivity index (χ1v) is 12.3. The minimum atomic E-state index is -5.08. The number of rotatable bonds is 4. The Kier molecular flexibility index (Phi) is 7.87. The van der Waals surface area contributed by atoms with E-state index in [1.54, 1.807) is 12.4 Å². The molecule has 2 aliphatic heterocycles. The lowest BCUT2D eigenvalue weighted by molar-refractivity contribution is -0.192. The largest absolute Gasteiger partial charge is 0.490 e. The van der Waals surface area contributed by atoms with Crippen LogP contribution in [-0.2, 0) is 16.0 Å². The number of carboxylic acids is 1. The number of nitrogens with zero attached hydrogens (tertiary/aromatic N) is 4. The second-order valence-corrected chi connectivity index (χ2v) is 9.64. The number of aromatic nitrogens is 2. The van der Waals surface area contributed by atoms with Crippen LogP contribution < -0.4 is 4.90 Å². The van der Waals surface area contributed by atoms with Gasteiger partial charge in [0.05, 0.1) is 16.6 Å². The van der Waals surface area contributed by atoms with Gasteiger partial charge >= 0.3 is 12.1 Å². The van der Waals surface area contributed by atoms with Gasteiger partial charge in [-0.1, -0.05) is 23.7 Å². The van der Waals surface area contributed by atoms with Crippen molar-refractivity contribution in [3.8, 4) is 0 Å². The van der Waals surface area contributed by atoms with E-state index in [4.69, 9.17) is 21.5 Å². The Labute approximate surface area is 216 Å². The van der Waals surface area contributed by atoms with Crippen LogP contribution >= 0.6 is 11.6 Å². The molecule has 1 amide bonds. The first kappa shape index (κ1) is 26.7. The third kappa shape index (κ3) is 6.30. The number of likely N-dealkylation sites (tertiary alicyclic amines) is 1. The average Bonchev–Trinajstić information content (AvgIpc) is 2.87. The Morgan fingerprint density at radius 1 is 1.00 bits per heavy atom. The number of anilines is 1. The minimum absolute atomic E-state index is 0.0596. The molecule has 1 N–H and O–H groups in total. The van der Waals surface area contributed by atoms with Crippen molar-refractivity contribution in [2.45, 2.75) is 43.8 Å². The van der Waals surface area contributed by atoms with Crippen molar-refractivity contribution < 1.29 is 27.9 Å². The van der Waals surface area contributed by atoms with Crippen LogP contribution in [0.15, 0.2) is 54.9 Å². The van der Waals surface area contributed by atoms with Gasteiger partial charge in [-0.05, 0) is 61.6 Å². The lowest BCUT2D eigenvalue weighted by Gasteiger charge is -2.58. The van der Waals surface area contributed by atoms with Crippen LogP contribution in [0.25, 0.3) is 11.0 Å². The molecule has 196 valence electrons. The second kappa shape index (κ2) is 10.9. The Bertz CT molecular complexity index is 1270. The van der Waals surface area contributed by atoms with E-state index in [0.29, 0.717) is 6.42 Å². The smallest absolute Gasteiger partial charge is 0.475 e. The monoisotopic (exact) mass is 534 g/mol. The van der Waals surface area contributed by atoms with E-state index < -0.39 is 12.1 Å². The van der Waals surface area contributed by atoms with E-state index in [9.17, 15) is 18.0 Å². The van der Waals surface area contributed by atoms with Crippen LogP contribution in [0.4, 0.5) is 18.9 Å². The summed E-state index contributed by atoms with van der Waals surface area (Å²) in [6.45, 7) is 2.70. The van der Waals surface area contributed by atoms with Crippen LogP contribution in [0, 0.1) is 0 Å². The molecule has 2 aliphatic rings. The number of aliphatic carboxylic acids is 1. The molecule has 7 nitrogen and oxygen atoms in total. The maximum atomic E-state index is 12.9. The van der Waals surface area contributed by atoms with Gasteiger partial charge in [-0.2, -0.15) is 13.2 Å². The van der Waals surface area contributed by atoms with Crippen molar-refractivity contribution >= 4 is 40.2 Å². The molecule has 1 unspecified atom stereocenters. The van der Waals surface area contributed by atoms with E-state index in [0.717, 1.165) is 66.9 Å². The predicted octanol–water partition coefficient (Wildman–Crippen LogP) is 5.12. The van der Waals surface area contributed by atoms with E-state index in [1.807, 2.05) is 30.3 Å². The number of alkyl halides is 3. The summed E-state index contributed by atoms with van der Waals surface area (Å²) in [5.41, 5.74) is 4.23. The lowest BCUT2D eigenvalue weighted by Crippen LogP contribution is -2.68. The highest BCUT2D eigenvalue weighted by Crippen LogP contribution is 2.42. The Morgan fingerprint density at radius 2 is 1.68 bits per heavy atom. The van der Waals surface area contributed by atoms with E-state index in [-0.39, 0.29) is 11.4 Å². The standard InChI is InChI=1S/C24H25ClN4O.C2HF3O2/c25-19-5-2-18(3-6-19)4-9-23(30)28-14-1-10-24(17-28)11-15-29(24)20-7-8-21-22(16-20)27-13-12-26-21;3-2(4,5)1(6)7/h2-3,5-8,12-13,16H,1,4,9-11,14-15,17H2;(H,6,7). The molecule has 2 saturated heterocycles. The van der Waals surface area contributed by atoms with Crippen molar-refractivity contribution in [2.75, 3.05) is 24.5 Å². The highest BCUT2D eigenvalue weighted by Gasteiger charge is 2.48. The SMILES string of the molecule is O=C(CCc1ccc(Cl)cc1)N1CCCC2(CCN2c2ccc3nccnc3c2)C1.O=C(O)C(F)(F)F. The van der Waals surface area contributed by atoms with Gasteiger partial charge in [0.2, 0.25) is 5.91 Å². The van der Waals surface area contributed by atoms with E-state index in [2.05, 4.69) is 31.9 Å². The third-order valence-electron chi connectivity index (χ3n) is 6.83. The number of carbonyl (C=O) groups excluding carboxylic acids is 1. The zero-order valence-corrected chi connectivity index (χ0v) is 20.7. The fourth-order valence-electron chi connectivity index (χ4n) is 4.87. The molecule has 0 radical (unpaired) electrons. The van der Waals surface area contributed by atoms with Crippen LogP contribution in [0.1, 0.15) is 31.2 Å². The van der Waals surface area contributed by atoms with Gasteiger partial charge in [-0.3, -0.25) is 14.8 Å². The highest BCUT2D eigenvalue weighted by atomic mass is 35.5. The fraction of sp³-hybridized carbons (Fsp3) is 0.385. The van der Waals surface area contributed by atoms with Gasteiger partial charge in [0.25, 0.3) is 0 Å². The van der Waals surface area contributed by atoms with Gasteiger partial charge in [0, 0.05) is 49.2 Å². The van der Waals surface area contributed by atoms with Crippen molar-refractivity contribution in [1.82, 2.24) is 14.9 Å². The van der Waals surface area contributed by atoms with Crippen molar-refractivity contribution in [1.29, 1.82) is 0 Å². The molecular weight excluding hydrogens is 509 g/mol. The first-order valence-electron chi connectivity index (χ1n) is 11.9. The Morgan fingerprint density at radius 3 is 2.30 bits per heavy atom. The molecule has 3 aromatic rings. The average molecular weight is 535 g/mol. The van der Waals surface area contributed by atoms with Crippen LogP contribution in [0.3, 0.4) is 0 Å². The molecule has 11 heteroatoms. The number of piperidine rings is 1. The molecular formula is C26H26ClF3N4O3. The number of benzene rings is 2. The zero-order valence-electron chi connectivity index (χ0n) is 19.9. The molecule has 2 aromatic carbocycles. The maximum Gasteiger partial charge on any atom is 0.490 e. The summed E-state index contributed by atoms with van der Waals surface area (Å²) in [5, 5.41) is 7.85. The van der Waals surface area contributed by atoms with Crippen LogP contribution in [0.5, 0.6) is 0 Å². The molecule has 0 bridgehead atoms. The molecule has 1 atom stereocenters. The third-order valence-corrected chi connectivity index (χ3v) is 7.08. The summed E-state index contributed by atoms with van der Waals surface area (Å²) in [5.74, 6) is -2.51. The number of hydrogen-bond donors (Lipinski definition) is 1. The number of carboxylic acid groups (broad SMARTS) is 1. The van der Waals surface area contributed by atoms with Gasteiger partial charge in [-0.15, -0.1) is 0 Å². The van der Waals surface area contributed by atoms with E-state index in [1.165, 1.54) is 5.69 Å². The summed E-state index contributed by atoms with van der Waals surface area (Å²) in [7, 11) is 0. The maximum absolute atomic E-state index is 12.9. The molecule has 0 aliphatic carbocycles. The molecule has 37 heavy (non-hydrogen) atoms. The summed E-state index contributed by atoms with van der Waals surface area (Å²) in [6.07, 6.45) is 2.99. The number of hydrogen-bond acceptors (Lipinski definition) is 5. The van der Waals surface area contributed by atoms with Crippen molar-refractivity contribution in [3.05, 3.63) is 65.4 Å².